The highest BCUT2D eigenvalue weighted by molar-refractivity contribution is 5.90. The van der Waals surface area contributed by atoms with E-state index in [1.54, 1.807) is 19.2 Å². The fourth-order valence-electron chi connectivity index (χ4n) is 4.46. The van der Waals surface area contributed by atoms with Gasteiger partial charge in [0, 0.05) is 7.11 Å². The van der Waals surface area contributed by atoms with Crippen molar-refractivity contribution in [2.45, 2.75) is 33.1 Å². The van der Waals surface area contributed by atoms with Crippen LogP contribution in [0.4, 0.5) is 0 Å². The first-order valence-corrected chi connectivity index (χ1v) is 10.3. The van der Waals surface area contributed by atoms with Crippen LogP contribution in [0.1, 0.15) is 43.7 Å². The molecule has 3 nitrogen and oxygen atoms in total. The minimum Gasteiger partial charge on any atom is -0.461 e. The molecule has 3 aromatic carbocycles. The van der Waals surface area contributed by atoms with E-state index in [1.807, 2.05) is 18.2 Å². The molecule has 0 fully saturated rings. The van der Waals surface area contributed by atoms with E-state index in [1.165, 1.54) is 44.5 Å². The number of carbonyl (C=O) groups is 1. The highest BCUT2D eigenvalue weighted by Crippen LogP contribution is 2.51. The summed E-state index contributed by atoms with van der Waals surface area (Å²) in [5, 5.41) is 0. The fraction of sp³-hybridized carbons (Fsp3) is 0.296. The van der Waals surface area contributed by atoms with Crippen LogP contribution in [0, 0.1) is 27.7 Å². The maximum atomic E-state index is 12.8. The third-order valence-corrected chi connectivity index (χ3v) is 6.44. The lowest BCUT2D eigenvalue weighted by Gasteiger charge is -2.31. The number of methoxy groups -OCH3 is 1. The van der Waals surface area contributed by atoms with Gasteiger partial charge in [-0.25, -0.2) is 4.79 Å². The van der Waals surface area contributed by atoms with E-state index in [9.17, 15) is 4.79 Å². The molecule has 0 aliphatic heterocycles. The summed E-state index contributed by atoms with van der Waals surface area (Å²) in [5.74, 6) is -0.311. The zero-order valence-corrected chi connectivity index (χ0v) is 18.3. The molecule has 154 valence electrons. The van der Waals surface area contributed by atoms with Crippen LogP contribution in [0.25, 0.3) is 11.1 Å². The van der Waals surface area contributed by atoms with Gasteiger partial charge in [-0.05, 0) is 84.3 Å². The first kappa shape index (κ1) is 20.4. The quantitative estimate of drug-likeness (QED) is 0.516. The Morgan fingerprint density at radius 2 is 1.27 bits per heavy atom. The SMILES string of the molecule is COCC1(COC(=O)c2ccccc2)c2cc(C)c(C)cc2-c2cc(C)c(C)cc21. The summed E-state index contributed by atoms with van der Waals surface area (Å²) in [6.07, 6.45) is 0. The number of carbonyl (C=O) groups excluding carboxylic acids is 1. The number of aryl methyl sites for hydroxylation is 4. The Bertz CT molecular complexity index is 1060. The summed E-state index contributed by atoms with van der Waals surface area (Å²) in [5.41, 5.74) is 9.77. The molecule has 0 spiro atoms. The average molecular weight is 401 g/mol. The Hall–Kier alpha value is -2.91. The van der Waals surface area contributed by atoms with Crippen LogP contribution in [0.15, 0.2) is 54.6 Å². The second kappa shape index (κ2) is 7.73. The minimum atomic E-state index is -0.527. The maximum absolute atomic E-state index is 12.8. The molecule has 0 unspecified atom stereocenters. The fourth-order valence-corrected chi connectivity index (χ4v) is 4.46. The summed E-state index contributed by atoms with van der Waals surface area (Å²) in [7, 11) is 1.71. The van der Waals surface area contributed by atoms with Gasteiger partial charge in [0.1, 0.15) is 6.61 Å². The number of ether oxygens (including phenoxy) is 2. The highest BCUT2D eigenvalue weighted by Gasteiger charge is 2.45. The zero-order chi connectivity index (χ0) is 21.5. The Labute approximate surface area is 178 Å². The molecule has 0 saturated heterocycles. The van der Waals surface area contributed by atoms with Gasteiger partial charge in [0.05, 0.1) is 17.6 Å². The van der Waals surface area contributed by atoms with E-state index < -0.39 is 5.41 Å². The van der Waals surface area contributed by atoms with Crippen LogP contribution in [0.5, 0.6) is 0 Å². The lowest BCUT2D eigenvalue weighted by molar-refractivity contribution is 0.0338. The van der Waals surface area contributed by atoms with Gasteiger partial charge < -0.3 is 9.47 Å². The third-order valence-electron chi connectivity index (χ3n) is 6.44. The molecule has 0 aromatic heterocycles. The first-order valence-electron chi connectivity index (χ1n) is 10.3. The molecule has 1 aliphatic rings. The van der Waals surface area contributed by atoms with Crippen LogP contribution in [-0.4, -0.2) is 26.3 Å². The standard InChI is InChI=1S/C27H28O3/c1-17-11-22-23-12-18(2)20(4)14-25(23)27(15-29-5,24(22)13-19(17)3)16-30-26(28)21-9-7-6-8-10-21/h6-14H,15-16H2,1-5H3. The number of fused-ring (bicyclic) bond motifs is 3. The van der Waals surface area contributed by atoms with Crippen LogP contribution in [-0.2, 0) is 14.9 Å². The number of rotatable bonds is 5. The third kappa shape index (κ3) is 3.23. The first-order chi connectivity index (χ1) is 14.4. The van der Waals surface area contributed by atoms with Gasteiger partial charge in [-0.15, -0.1) is 0 Å². The van der Waals surface area contributed by atoms with Crippen molar-refractivity contribution >= 4 is 5.97 Å². The molecule has 4 rings (SSSR count). The van der Waals surface area contributed by atoms with E-state index in [2.05, 4.69) is 52.0 Å². The molecule has 0 heterocycles. The summed E-state index contributed by atoms with van der Waals surface area (Å²) in [6.45, 7) is 9.22. The average Bonchev–Trinajstić information content (AvgIpc) is 2.97. The van der Waals surface area contributed by atoms with Gasteiger partial charge in [-0.1, -0.05) is 42.5 Å². The van der Waals surface area contributed by atoms with Crippen molar-refractivity contribution in [3.63, 3.8) is 0 Å². The molecule has 0 bridgehead atoms. The van der Waals surface area contributed by atoms with Gasteiger partial charge in [0.15, 0.2) is 0 Å². The Kier molecular flexibility index (Phi) is 5.25. The largest absolute Gasteiger partial charge is 0.461 e. The van der Waals surface area contributed by atoms with Gasteiger partial charge >= 0.3 is 5.97 Å². The monoisotopic (exact) mass is 400 g/mol. The van der Waals surface area contributed by atoms with Crippen LogP contribution < -0.4 is 0 Å². The van der Waals surface area contributed by atoms with Crippen molar-refractivity contribution in [3.05, 3.63) is 93.5 Å². The Balaban J connectivity index is 1.85. The van der Waals surface area contributed by atoms with Crippen LogP contribution in [0.2, 0.25) is 0 Å². The predicted molar refractivity (Wildman–Crippen MR) is 120 cm³/mol. The maximum Gasteiger partial charge on any atom is 0.338 e. The van der Waals surface area contributed by atoms with Gasteiger partial charge in [0.2, 0.25) is 0 Å². The summed E-state index contributed by atoms with van der Waals surface area (Å²) in [4.78, 5) is 12.8. The molecule has 1 aliphatic carbocycles. The minimum absolute atomic E-state index is 0.236. The Morgan fingerprint density at radius 1 is 0.767 bits per heavy atom. The molecule has 3 heteroatoms. The second-order valence-corrected chi connectivity index (χ2v) is 8.42. The molecule has 30 heavy (non-hydrogen) atoms. The molecule has 3 aromatic rings. The summed E-state index contributed by atoms with van der Waals surface area (Å²) < 4.78 is 11.6. The second-order valence-electron chi connectivity index (χ2n) is 8.42. The molecule has 0 saturated carbocycles. The van der Waals surface area contributed by atoms with E-state index in [-0.39, 0.29) is 12.6 Å². The lowest BCUT2D eigenvalue weighted by atomic mass is 9.78. The molecular weight excluding hydrogens is 372 g/mol. The van der Waals surface area contributed by atoms with E-state index in [0.717, 1.165) is 0 Å². The number of benzene rings is 3. The van der Waals surface area contributed by atoms with Crippen LogP contribution >= 0.6 is 0 Å². The summed E-state index contributed by atoms with van der Waals surface area (Å²) in [6, 6.07) is 18.1. The van der Waals surface area contributed by atoms with E-state index >= 15 is 0 Å². The van der Waals surface area contributed by atoms with Crippen molar-refractivity contribution in [2.24, 2.45) is 0 Å². The van der Waals surface area contributed by atoms with Crippen molar-refractivity contribution in [3.8, 4) is 11.1 Å². The van der Waals surface area contributed by atoms with Gasteiger partial charge in [-0.3, -0.25) is 0 Å². The van der Waals surface area contributed by atoms with E-state index in [0.29, 0.717) is 12.2 Å². The highest BCUT2D eigenvalue weighted by atomic mass is 16.5. The van der Waals surface area contributed by atoms with Crippen molar-refractivity contribution in [1.29, 1.82) is 0 Å². The Morgan fingerprint density at radius 3 is 1.77 bits per heavy atom. The smallest absolute Gasteiger partial charge is 0.338 e. The van der Waals surface area contributed by atoms with Crippen molar-refractivity contribution in [1.82, 2.24) is 0 Å². The molecule has 0 N–H and O–H groups in total. The topological polar surface area (TPSA) is 35.5 Å². The van der Waals surface area contributed by atoms with E-state index in [4.69, 9.17) is 9.47 Å². The van der Waals surface area contributed by atoms with Crippen molar-refractivity contribution in [2.75, 3.05) is 20.3 Å². The van der Waals surface area contributed by atoms with Crippen LogP contribution in [0.3, 0.4) is 0 Å². The summed E-state index contributed by atoms with van der Waals surface area (Å²) >= 11 is 0. The lowest BCUT2D eigenvalue weighted by Crippen LogP contribution is -2.37. The molecule has 0 radical (unpaired) electrons. The number of hydrogen-bond donors (Lipinski definition) is 0. The normalized spacial score (nSPS) is 13.6. The van der Waals surface area contributed by atoms with Gasteiger partial charge in [-0.2, -0.15) is 0 Å². The number of esters is 1. The molecule has 0 atom stereocenters. The van der Waals surface area contributed by atoms with Crippen molar-refractivity contribution < 1.29 is 14.3 Å². The zero-order valence-electron chi connectivity index (χ0n) is 18.3. The van der Waals surface area contributed by atoms with Gasteiger partial charge in [0.25, 0.3) is 0 Å². The number of hydrogen-bond acceptors (Lipinski definition) is 3. The molecular formula is C27H28O3. The molecule has 0 amide bonds. The predicted octanol–water partition coefficient (Wildman–Crippen LogP) is 5.69.